The van der Waals surface area contributed by atoms with Gasteiger partial charge >= 0.3 is 0 Å². The fourth-order valence-corrected chi connectivity index (χ4v) is 1.87. The second-order valence-electron chi connectivity index (χ2n) is 3.52. The first-order chi connectivity index (χ1) is 8.19. The molecule has 0 atom stereocenters. The van der Waals surface area contributed by atoms with Crippen LogP contribution >= 0.6 is 15.9 Å². The highest BCUT2D eigenvalue weighted by molar-refractivity contribution is 9.09. The van der Waals surface area contributed by atoms with Crippen molar-refractivity contribution in [2.24, 2.45) is 0 Å². The Morgan fingerprint density at radius 1 is 1.47 bits per heavy atom. The maximum Gasteiger partial charge on any atom is 0.254 e. The molecule has 0 saturated heterocycles. The smallest absolute Gasteiger partial charge is 0.254 e. The number of phenolic OH excluding ortho intramolecular Hbond substituents is 1. The lowest BCUT2D eigenvalue weighted by Crippen LogP contribution is -2.35. The van der Waals surface area contributed by atoms with E-state index in [9.17, 15) is 9.90 Å². The number of hydrogen-bond acceptors (Lipinski definition) is 3. The summed E-state index contributed by atoms with van der Waals surface area (Å²) in [5.41, 5.74) is 0.488. The van der Waals surface area contributed by atoms with Crippen molar-refractivity contribution in [3.63, 3.8) is 0 Å². The number of ether oxygens (including phenoxy) is 1. The van der Waals surface area contributed by atoms with Gasteiger partial charge in [0.15, 0.2) is 0 Å². The molecule has 5 heteroatoms. The Labute approximate surface area is 109 Å². The van der Waals surface area contributed by atoms with Crippen LogP contribution in [0.3, 0.4) is 0 Å². The molecule has 17 heavy (non-hydrogen) atoms. The molecule has 0 spiro atoms. The Kier molecular flexibility index (Phi) is 6.00. The van der Waals surface area contributed by atoms with Crippen LogP contribution < -0.4 is 0 Å². The molecule has 0 saturated carbocycles. The summed E-state index contributed by atoms with van der Waals surface area (Å²) in [5, 5.41) is 10.1. The highest BCUT2D eigenvalue weighted by Gasteiger charge is 2.15. The van der Waals surface area contributed by atoms with E-state index < -0.39 is 0 Å². The molecule has 0 unspecified atom stereocenters. The summed E-state index contributed by atoms with van der Waals surface area (Å²) in [6.45, 7) is 1.64. The van der Waals surface area contributed by atoms with E-state index in [0.717, 1.165) is 0 Å². The van der Waals surface area contributed by atoms with Crippen LogP contribution in [0.4, 0.5) is 0 Å². The van der Waals surface area contributed by atoms with Crippen LogP contribution in [0.2, 0.25) is 0 Å². The number of aromatic hydroxyl groups is 1. The van der Waals surface area contributed by atoms with Gasteiger partial charge in [-0.25, -0.2) is 0 Å². The summed E-state index contributed by atoms with van der Waals surface area (Å²) in [4.78, 5) is 13.8. The fourth-order valence-electron chi connectivity index (χ4n) is 1.44. The van der Waals surface area contributed by atoms with Gasteiger partial charge in [0.2, 0.25) is 0 Å². The summed E-state index contributed by atoms with van der Waals surface area (Å²) < 4.78 is 4.97. The largest absolute Gasteiger partial charge is 0.508 e. The first-order valence-corrected chi connectivity index (χ1v) is 6.44. The van der Waals surface area contributed by atoms with Gasteiger partial charge in [0, 0.05) is 31.1 Å². The Hall–Kier alpha value is -1.07. The third-order valence-corrected chi connectivity index (χ3v) is 2.65. The minimum atomic E-state index is -0.0996. The number of alkyl halides is 1. The second-order valence-corrected chi connectivity index (χ2v) is 4.32. The van der Waals surface area contributed by atoms with Gasteiger partial charge in [-0.15, -0.1) is 0 Å². The molecule has 0 bridgehead atoms. The summed E-state index contributed by atoms with van der Waals surface area (Å²) in [6, 6.07) is 6.36. The van der Waals surface area contributed by atoms with Crippen molar-refractivity contribution < 1.29 is 14.6 Å². The number of carbonyl (C=O) groups is 1. The first kappa shape index (κ1) is 14.0. The van der Waals surface area contributed by atoms with Gasteiger partial charge in [-0.3, -0.25) is 4.79 Å². The van der Waals surface area contributed by atoms with Crippen molar-refractivity contribution >= 4 is 21.8 Å². The molecule has 0 radical (unpaired) electrons. The lowest BCUT2D eigenvalue weighted by molar-refractivity contribution is 0.0708. The van der Waals surface area contributed by atoms with Crippen LogP contribution in [0.25, 0.3) is 0 Å². The number of nitrogens with zero attached hydrogens (tertiary/aromatic N) is 1. The van der Waals surface area contributed by atoms with E-state index in [-0.39, 0.29) is 11.7 Å². The Bertz CT molecular complexity index is 371. The number of methoxy groups -OCH3 is 1. The minimum absolute atomic E-state index is 0.0985. The quantitative estimate of drug-likeness (QED) is 0.816. The summed E-state index contributed by atoms with van der Waals surface area (Å²) in [5.74, 6) is -0.00113. The van der Waals surface area contributed by atoms with Crippen LogP contribution in [0, 0.1) is 0 Å². The van der Waals surface area contributed by atoms with Crippen molar-refractivity contribution in [3.8, 4) is 5.75 Å². The normalized spacial score (nSPS) is 10.2. The third-order valence-electron chi connectivity index (χ3n) is 2.30. The van der Waals surface area contributed by atoms with Gasteiger partial charge in [0.25, 0.3) is 5.91 Å². The van der Waals surface area contributed by atoms with Gasteiger partial charge < -0.3 is 14.7 Å². The predicted octanol–water partition coefficient (Wildman–Crippen LogP) is 1.88. The van der Waals surface area contributed by atoms with Crippen molar-refractivity contribution in [2.45, 2.75) is 0 Å². The molecule has 0 aliphatic rings. The third kappa shape index (κ3) is 4.36. The summed E-state index contributed by atoms with van der Waals surface area (Å²) >= 11 is 3.31. The van der Waals surface area contributed by atoms with Crippen LogP contribution in [-0.4, -0.2) is 48.0 Å². The van der Waals surface area contributed by atoms with Crippen molar-refractivity contribution in [1.82, 2.24) is 4.90 Å². The van der Waals surface area contributed by atoms with E-state index in [4.69, 9.17) is 4.74 Å². The number of carbonyl (C=O) groups excluding carboxylic acids is 1. The molecule has 0 aliphatic carbocycles. The minimum Gasteiger partial charge on any atom is -0.508 e. The monoisotopic (exact) mass is 301 g/mol. The zero-order valence-electron chi connectivity index (χ0n) is 9.73. The first-order valence-electron chi connectivity index (χ1n) is 5.32. The zero-order chi connectivity index (χ0) is 12.7. The molecule has 0 heterocycles. The van der Waals surface area contributed by atoms with E-state index in [1.165, 1.54) is 6.07 Å². The molecule has 1 N–H and O–H groups in total. The number of amides is 1. The van der Waals surface area contributed by atoms with E-state index in [2.05, 4.69) is 15.9 Å². The predicted molar refractivity (Wildman–Crippen MR) is 69.7 cm³/mol. The second kappa shape index (κ2) is 7.29. The zero-order valence-corrected chi connectivity index (χ0v) is 11.3. The maximum absolute atomic E-state index is 12.1. The number of benzene rings is 1. The number of hydrogen-bond donors (Lipinski definition) is 1. The van der Waals surface area contributed by atoms with E-state index in [0.29, 0.717) is 30.6 Å². The van der Waals surface area contributed by atoms with Crippen LogP contribution in [0.1, 0.15) is 10.4 Å². The molecular formula is C12H16BrNO3. The number of rotatable bonds is 6. The molecular weight excluding hydrogens is 286 g/mol. The van der Waals surface area contributed by atoms with Crippen molar-refractivity contribution in [1.29, 1.82) is 0 Å². The van der Waals surface area contributed by atoms with Crippen LogP contribution in [0.15, 0.2) is 24.3 Å². The molecule has 0 fully saturated rings. The van der Waals surface area contributed by atoms with Crippen molar-refractivity contribution in [3.05, 3.63) is 29.8 Å². The maximum atomic E-state index is 12.1. The molecule has 1 aromatic carbocycles. The fraction of sp³-hybridized carbons (Fsp3) is 0.417. The van der Waals surface area contributed by atoms with Gasteiger partial charge in [-0.1, -0.05) is 22.0 Å². The molecule has 1 amide bonds. The average Bonchev–Trinajstić information content (AvgIpc) is 2.33. The lowest BCUT2D eigenvalue weighted by atomic mass is 10.2. The van der Waals surface area contributed by atoms with Crippen LogP contribution in [0.5, 0.6) is 5.75 Å². The average molecular weight is 302 g/mol. The molecule has 1 rings (SSSR count). The van der Waals surface area contributed by atoms with Crippen molar-refractivity contribution in [2.75, 3.05) is 32.1 Å². The standard InChI is InChI=1S/C12H16BrNO3/c1-17-8-7-14(6-5-13)12(16)10-3-2-4-11(15)9-10/h2-4,9,15H,5-8H2,1H3. The molecule has 94 valence electrons. The van der Waals surface area contributed by atoms with Crippen LogP contribution in [-0.2, 0) is 4.74 Å². The van der Waals surface area contributed by atoms with E-state index in [1.54, 1.807) is 30.2 Å². The molecule has 1 aromatic rings. The SMILES string of the molecule is COCCN(CCBr)C(=O)c1cccc(O)c1. The Morgan fingerprint density at radius 2 is 2.24 bits per heavy atom. The molecule has 0 aliphatic heterocycles. The number of halogens is 1. The number of phenols is 1. The summed E-state index contributed by atoms with van der Waals surface area (Å²) in [7, 11) is 1.60. The molecule has 0 aromatic heterocycles. The summed E-state index contributed by atoms with van der Waals surface area (Å²) in [6.07, 6.45) is 0. The van der Waals surface area contributed by atoms with E-state index >= 15 is 0 Å². The van der Waals surface area contributed by atoms with E-state index in [1.807, 2.05) is 0 Å². The molecule has 4 nitrogen and oxygen atoms in total. The topological polar surface area (TPSA) is 49.8 Å². The van der Waals surface area contributed by atoms with Gasteiger partial charge in [0.05, 0.1) is 6.61 Å². The lowest BCUT2D eigenvalue weighted by Gasteiger charge is -2.21. The Morgan fingerprint density at radius 3 is 2.82 bits per heavy atom. The van der Waals surface area contributed by atoms with Gasteiger partial charge in [-0.2, -0.15) is 0 Å². The Balaban J connectivity index is 2.76. The van der Waals surface area contributed by atoms with Gasteiger partial charge in [-0.05, 0) is 18.2 Å². The van der Waals surface area contributed by atoms with Gasteiger partial charge in [0.1, 0.15) is 5.75 Å². The highest BCUT2D eigenvalue weighted by atomic mass is 79.9. The highest BCUT2D eigenvalue weighted by Crippen LogP contribution is 2.13.